The molecule has 0 saturated heterocycles. The molecule has 0 fully saturated rings. The molecule has 0 saturated carbocycles. The molecule has 1 aromatic rings. The summed E-state index contributed by atoms with van der Waals surface area (Å²) in [6, 6.07) is 5.37. The van der Waals surface area contributed by atoms with Crippen LogP contribution in [0.2, 0.25) is 0 Å². The van der Waals surface area contributed by atoms with Crippen LogP contribution in [0.25, 0.3) is 0 Å². The average Bonchev–Trinajstić information content (AvgIpc) is 3.17. The highest BCUT2D eigenvalue weighted by Crippen LogP contribution is 2.01. The zero-order valence-electron chi connectivity index (χ0n) is 33.6. The zero-order valence-corrected chi connectivity index (χ0v) is 34.7. The van der Waals surface area contributed by atoms with Crippen LogP contribution in [0.1, 0.15) is 123 Å². The highest BCUT2D eigenvalue weighted by atomic mass is 31.0. The van der Waals surface area contributed by atoms with Gasteiger partial charge in [0, 0.05) is 45.3 Å². The number of halogens is 1. The summed E-state index contributed by atoms with van der Waals surface area (Å²) in [6.45, 7) is 10.5. The molecule has 2 unspecified atom stereocenters. The first-order valence-electron chi connectivity index (χ1n) is 18.7. The average molecular weight is 826 g/mol. The van der Waals surface area contributed by atoms with Crippen molar-refractivity contribution in [3.05, 3.63) is 35.6 Å². The van der Waals surface area contributed by atoms with Gasteiger partial charge in [0.15, 0.2) is 0 Å². The maximum atomic E-state index is 12.1. The third-order valence-electron chi connectivity index (χ3n) is 6.69. The van der Waals surface area contributed by atoms with Crippen LogP contribution in [0.4, 0.5) is 4.39 Å². The summed E-state index contributed by atoms with van der Waals surface area (Å²) < 4.78 is 12.1. The van der Waals surface area contributed by atoms with Gasteiger partial charge in [0.25, 0.3) is 0 Å². The lowest BCUT2D eigenvalue weighted by molar-refractivity contribution is -0.141. The van der Waals surface area contributed by atoms with Gasteiger partial charge in [-0.15, -0.1) is 0 Å². The van der Waals surface area contributed by atoms with Gasteiger partial charge in [-0.05, 0) is 73.5 Å². The number of amides is 4. The van der Waals surface area contributed by atoms with E-state index in [0.29, 0.717) is 38.9 Å². The Morgan fingerprint density at radius 2 is 1.23 bits per heavy atom. The third-order valence-corrected chi connectivity index (χ3v) is 6.69. The summed E-state index contributed by atoms with van der Waals surface area (Å²) >= 11 is 0. The van der Waals surface area contributed by atoms with Crippen molar-refractivity contribution in [1.82, 2.24) is 21.3 Å². The molecule has 1 rings (SSSR count). The van der Waals surface area contributed by atoms with Gasteiger partial charge in [0.1, 0.15) is 11.9 Å². The van der Waals surface area contributed by atoms with Crippen molar-refractivity contribution in [2.24, 2.45) is 5.90 Å². The van der Waals surface area contributed by atoms with Gasteiger partial charge < -0.3 is 46.3 Å². The number of benzene rings is 1. The number of nitrogens with two attached hydrogens (primary N) is 1. The molecule has 0 bridgehead atoms. The molecule has 0 radical (unpaired) electrons. The number of carbonyl (C=O) groups is 7. The maximum Gasteiger partial charge on any atom is 0.326 e. The second-order valence-corrected chi connectivity index (χ2v) is 11.4. The van der Waals surface area contributed by atoms with Crippen LogP contribution in [-0.4, -0.2) is 95.0 Å². The minimum atomic E-state index is -1.16. The number of aliphatic carboxylic acids is 3. The van der Waals surface area contributed by atoms with Crippen LogP contribution in [0, 0.1) is 12.7 Å². The highest BCUT2D eigenvalue weighted by Gasteiger charge is 2.17. The van der Waals surface area contributed by atoms with Crippen LogP contribution >= 0.6 is 9.47 Å². The molecule has 0 aromatic heterocycles. The van der Waals surface area contributed by atoms with Crippen molar-refractivity contribution < 1.29 is 63.0 Å². The lowest BCUT2D eigenvalue weighted by Gasteiger charge is -2.10. The van der Waals surface area contributed by atoms with Crippen LogP contribution < -0.4 is 27.2 Å². The van der Waals surface area contributed by atoms with Crippen molar-refractivity contribution in [2.75, 3.05) is 26.2 Å². The fraction of sp³-hybridized carbons (Fsp3) is 0.649. The fourth-order valence-corrected chi connectivity index (χ4v) is 3.80. The first kappa shape index (κ1) is 61.0. The summed E-state index contributed by atoms with van der Waals surface area (Å²) in [5.74, 6) is 1.52. The predicted molar refractivity (Wildman–Crippen MR) is 215 cm³/mol. The number of rotatable bonds is 27. The number of carboxylic acid groups (broad SMARTS) is 3. The van der Waals surface area contributed by atoms with Crippen LogP contribution in [-0.2, 0) is 38.4 Å². The van der Waals surface area contributed by atoms with Gasteiger partial charge in [0.2, 0.25) is 24.6 Å². The topological polar surface area (TPSA) is 284 Å². The minimum absolute atomic E-state index is 0.0468. The molecule has 10 N–H and O–H groups in total. The Labute approximate surface area is 333 Å². The Kier molecular flexibility index (Phi) is 55.3. The molecule has 4 amide bonds. The van der Waals surface area contributed by atoms with Crippen molar-refractivity contribution in [1.29, 1.82) is 0 Å². The zero-order chi connectivity index (χ0) is 43.8. The number of nitrogens with one attached hydrogen (secondary N) is 4. The molecule has 1 aromatic carbocycles. The number of carboxylic acids is 3. The van der Waals surface area contributed by atoms with Crippen molar-refractivity contribution >= 4 is 52.0 Å². The second kappa shape index (κ2) is 50.8. The maximum absolute atomic E-state index is 12.1. The van der Waals surface area contributed by atoms with Gasteiger partial charge in [-0.2, -0.15) is 0 Å². The first-order chi connectivity index (χ1) is 26.8. The van der Waals surface area contributed by atoms with E-state index >= 15 is 0 Å². The van der Waals surface area contributed by atoms with Crippen molar-refractivity contribution in [2.45, 2.75) is 130 Å². The van der Waals surface area contributed by atoms with Gasteiger partial charge >= 0.3 is 17.9 Å². The highest BCUT2D eigenvalue weighted by molar-refractivity contribution is 7.08. The van der Waals surface area contributed by atoms with Gasteiger partial charge in [-0.3, -0.25) is 28.8 Å². The Morgan fingerprint density at radius 1 is 0.732 bits per heavy atom. The van der Waals surface area contributed by atoms with E-state index in [2.05, 4.69) is 33.0 Å². The minimum Gasteiger partial charge on any atom is -0.481 e. The van der Waals surface area contributed by atoms with Gasteiger partial charge in [-0.1, -0.05) is 64.2 Å². The number of hydrogen-bond donors (Lipinski definition) is 9. The normalized spacial score (nSPS) is 9.71. The molecule has 2 atom stereocenters. The van der Waals surface area contributed by atoms with E-state index in [1.165, 1.54) is 40.9 Å². The van der Waals surface area contributed by atoms with Crippen LogP contribution in [0.5, 0.6) is 0 Å². The van der Waals surface area contributed by atoms with Crippen molar-refractivity contribution in [3.63, 3.8) is 0 Å². The lowest BCUT2D eigenvalue weighted by atomic mass is 10.1. The van der Waals surface area contributed by atoms with Crippen molar-refractivity contribution in [3.8, 4) is 0 Å². The van der Waals surface area contributed by atoms with E-state index in [1.54, 1.807) is 12.1 Å². The van der Waals surface area contributed by atoms with Crippen LogP contribution in [0.3, 0.4) is 0 Å². The van der Waals surface area contributed by atoms with E-state index in [4.69, 9.17) is 26.1 Å². The molecule has 0 aliphatic carbocycles. The SMILES string of the molecule is CC.CCCCCCNC(=O)CCCCCNC=O.Cc1ccc(F)cc1.NOCCCCNC(=O)CCC(NC=O)C(=O)O.O=C(O)CCCC(=O)O.OP. The van der Waals surface area contributed by atoms with E-state index in [9.17, 15) is 38.0 Å². The fourth-order valence-electron chi connectivity index (χ4n) is 3.80. The Balaban J connectivity index is -0.000000209. The largest absolute Gasteiger partial charge is 0.481 e. The molecule has 0 spiro atoms. The summed E-state index contributed by atoms with van der Waals surface area (Å²) in [4.78, 5) is 84.3. The van der Waals surface area contributed by atoms with Crippen LogP contribution in [0.15, 0.2) is 24.3 Å². The summed E-state index contributed by atoms with van der Waals surface area (Å²) in [5.41, 5.74) is 1.09. The number of carbonyl (C=O) groups excluding carboxylic acids is 4. The smallest absolute Gasteiger partial charge is 0.326 e. The number of aryl methyl sites for hydroxylation is 1. The summed E-state index contributed by atoms with van der Waals surface area (Å²) in [6.07, 6.45) is 10.9. The molecular formula is C37H69FN5O12P. The Hall–Kier alpha value is -4.25. The summed E-state index contributed by atoms with van der Waals surface area (Å²) in [5, 5.41) is 35.1. The van der Waals surface area contributed by atoms with E-state index in [-0.39, 0.29) is 49.7 Å². The molecule has 17 nitrogen and oxygen atoms in total. The molecule has 0 heterocycles. The van der Waals surface area contributed by atoms with E-state index < -0.39 is 23.9 Å². The van der Waals surface area contributed by atoms with Gasteiger partial charge in [-0.25, -0.2) is 15.1 Å². The molecule has 19 heteroatoms. The quantitative estimate of drug-likeness (QED) is 0.0263. The van der Waals surface area contributed by atoms with Gasteiger partial charge in [0.05, 0.1) is 6.61 Å². The Bertz CT molecular complexity index is 1070. The van der Waals surface area contributed by atoms with E-state index in [1.807, 2.05) is 20.8 Å². The molecule has 0 aliphatic rings. The second-order valence-electron chi connectivity index (χ2n) is 11.4. The molecule has 56 heavy (non-hydrogen) atoms. The molecular weight excluding hydrogens is 756 g/mol. The predicted octanol–water partition coefficient (Wildman–Crippen LogP) is 4.00. The number of unbranched alkanes of at least 4 members (excludes halogenated alkanes) is 6. The number of hydrogen-bond acceptors (Lipinski definition) is 10. The monoisotopic (exact) mass is 825 g/mol. The molecule has 326 valence electrons. The molecule has 0 aliphatic heterocycles. The first-order valence-corrected chi connectivity index (χ1v) is 19.2. The summed E-state index contributed by atoms with van der Waals surface area (Å²) in [7, 11) is 1.42. The Morgan fingerprint density at radius 3 is 1.68 bits per heavy atom. The van der Waals surface area contributed by atoms with E-state index in [0.717, 1.165) is 50.6 Å². The lowest BCUT2D eigenvalue weighted by Crippen LogP contribution is -2.37. The standard InChI is InChI=1S/C13H26N2O2.C10H19N3O5.C7H7F.C5H8O4.C2H6.H3OP/c1-2-3-4-8-11-15-13(17)9-6-5-7-10-14-12-16;11-18-6-2-1-5-12-9(15)4-3-8(10(16)17)13-7-14;1-6-2-4-7(8)5-3-6;6-4(7)2-1-3-5(8)9;2*1-2/h12H,2-11H2,1H3,(H,14,16)(H,15,17);7-8H,1-6,11H2,(H,12,15)(H,13,14)(H,16,17);2-5H,1H3;1-3H2,(H,6,7)(H,8,9);1-2H3;1H,2H2. The third kappa shape index (κ3) is 56.5.